The van der Waals surface area contributed by atoms with E-state index in [4.69, 9.17) is 20.6 Å². The van der Waals surface area contributed by atoms with Crippen LogP contribution in [0.3, 0.4) is 0 Å². The Morgan fingerprint density at radius 2 is 1.59 bits per heavy atom. The van der Waals surface area contributed by atoms with Crippen molar-refractivity contribution < 1.29 is 24.2 Å². The lowest BCUT2D eigenvalue weighted by molar-refractivity contribution is -0.161. The van der Waals surface area contributed by atoms with Crippen LogP contribution in [-0.2, 0) is 19.1 Å². The molecule has 1 unspecified atom stereocenters. The maximum absolute atomic E-state index is 11.7. The first-order valence-electron chi connectivity index (χ1n) is 9.91. The molecule has 158 valence electrons. The van der Waals surface area contributed by atoms with Crippen LogP contribution in [0.2, 0.25) is 0 Å². The van der Waals surface area contributed by atoms with Crippen molar-refractivity contribution in [1.82, 2.24) is 4.90 Å². The van der Waals surface area contributed by atoms with Crippen LogP contribution in [0.4, 0.5) is 0 Å². The molecule has 0 amide bonds. The van der Waals surface area contributed by atoms with Crippen LogP contribution in [0.1, 0.15) is 71.1 Å². The van der Waals surface area contributed by atoms with Crippen molar-refractivity contribution in [3.8, 4) is 0 Å². The second-order valence-corrected chi connectivity index (χ2v) is 6.80. The van der Waals surface area contributed by atoms with Gasteiger partial charge in [0.15, 0.2) is 12.1 Å². The van der Waals surface area contributed by atoms with Crippen molar-refractivity contribution in [3.63, 3.8) is 0 Å². The molecule has 4 N–H and O–H groups in total. The maximum Gasteiger partial charge on any atom is 0.326 e. The average Bonchev–Trinajstić information content (AvgIpc) is 2.63. The number of esters is 2. The Morgan fingerprint density at radius 1 is 1.04 bits per heavy atom. The molecule has 0 aliphatic heterocycles. The van der Waals surface area contributed by atoms with E-state index in [-0.39, 0.29) is 25.1 Å². The van der Waals surface area contributed by atoms with Crippen LogP contribution in [0, 0.1) is 5.41 Å². The number of likely N-dealkylation sites (N-methyl/N-ethyl adjacent to an activating group) is 1. The molecule has 0 aromatic rings. The number of ether oxygens (including phenoxy) is 2. The molecule has 0 aliphatic carbocycles. The summed E-state index contributed by atoms with van der Waals surface area (Å²) in [5, 5.41) is 16.4. The summed E-state index contributed by atoms with van der Waals surface area (Å²) in [5.74, 6) is -1.27. The predicted molar refractivity (Wildman–Crippen MR) is 104 cm³/mol. The normalized spacial score (nSPS) is 11.7. The maximum atomic E-state index is 11.7. The summed E-state index contributed by atoms with van der Waals surface area (Å²) in [7, 11) is 1.47. The summed E-state index contributed by atoms with van der Waals surface area (Å²) < 4.78 is 10.1. The molecule has 0 aromatic carbocycles. The molecule has 0 fully saturated rings. The number of hydrogen-bond acceptors (Lipinski definition) is 6. The van der Waals surface area contributed by atoms with Gasteiger partial charge in [-0.25, -0.2) is 0 Å². The van der Waals surface area contributed by atoms with Crippen LogP contribution >= 0.6 is 0 Å². The molecule has 0 rings (SSSR count). The van der Waals surface area contributed by atoms with Gasteiger partial charge in [0.2, 0.25) is 0 Å². The number of guanidine groups is 1. The van der Waals surface area contributed by atoms with E-state index in [0.717, 1.165) is 19.3 Å². The van der Waals surface area contributed by atoms with Crippen molar-refractivity contribution >= 4 is 17.9 Å². The van der Waals surface area contributed by atoms with Crippen LogP contribution in [-0.4, -0.2) is 60.8 Å². The van der Waals surface area contributed by atoms with Gasteiger partial charge in [0.05, 0.1) is 6.61 Å². The Bertz CT molecular complexity index is 432. The van der Waals surface area contributed by atoms with Crippen molar-refractivity contribution in [1.29, 1.82) is 5.41 Å². The van der Waals surface area contributed by atoms with E-state index in [2.05, 4.69) is 6.92 Å². The van der Waals surface area contributed by atoms with Crippen LogP contribution in [0.15, 0.2) is 0 Å². The number of nitrogens with zero attached hydrogens (tertiary/aromatic N) is 1. The molecule has 0 heterocycles. The minimum atomic E-state index is -0.912. The van der Waals surface area contributed by atoms with Gasteiger partial charge < -0.3 is 25.2 Å². The first-order chi connectivity index (χ1) is 12.9. The zero-order valence-corrected chi connectivity index (χ0v) is 16.9. The fourth-order valence-electron chi connectivity index (χ4n) is 2.46. The van der Waals surface area contributed by atoms with Crippen LogP contribution < -0.4 is 5.73 Å². The Morgan fingerprint density at radius 3 is 2.11 bits per heavy atom. The van der Waals surface area contributed by atoms with Gasteiger partial charge in [-0.05, 0) is 6.42 Å². The Kier molecular flexibility index (Phi) is 15.2. The number of hydrogen-bond donors (Lipinski definition) is 3. The molecule has 8 heteroatoms. The van der Waals surface area contributed by atoms with Gasteiger partial charge in [-0.3, -0.25) is 15.0 Å². The van der Waals surface area contributed by atoms with Gasteiger partial charge in [-0.1, -0.05) is 58.3 Å². The molecule has 0 bridgehead atoms. The average molecular weight is 388 g/mol. The first kappa shape index (κ1) is 25.2. The van der Waals surface area contributed by atoms with Crippen molar-refractivity contribution in [2.75, 3.05) is 26.8 Å². The van der Waals surface area contributed by atoms with Crippen LogP contribution in [0.5, 0.6) is 0 Å². The monoisotopic (exact) mass is 387 g/mol. The number of aliphatic hydroxyl groups is 1. The van der Waals surface area contributed by atoms with E-state index in [1.54, 1.807) is 0 Å². The number of carbonyl (C=O) groups excluding carboxylic acids is 2. The summed E-state index contributed by atoms with van der Waals surface area (Å²) in [6, 6.07) is 0. The number of aliphatic hydroxyl groups excluding tert-OH is 1. The molecule has 0 aliphatic rings. The first-order valence-corrected chi connectivity index (χ1v) is 9.91. The Labute approximate surface area is 162 Å². The zero-order valence-electron chi connectivity index (χ0n) is 16.9. The van der Waals surface area contributed by atoms with Gasteiger partial charge >= 0.3 is 11.9 Å². The second-order valence-electron chi connectivity index (χ2n) is 6.80. The highest BCUT2D eigenvalue weighted by Gasteiger charge is 2.17. The molecular formula is C19H37N3O5. The minimum Gasteiger partial charge on any atom is -0.462 e. The van der Waals surface area contributed by atoms with Gasteiger partial charge in [0.25, 0.3) is 0 Å². The quantitative estimate of drug-likeness (QED) is 0.160. The number of nitrogens with one attached hydrogen (secondary N) is 1. The molecule has 8 nitrogen and oxygen atoms in total. The number of carbonyl (C=O) groups is 2. The van der Waals surface area contributed by atoms with Gasteiger partial charge in [-0.15, -0.1) is 0 Å². The molecule has 27 heavy (non-hydrogen) atoms. The van der Waals surface area contributed by atoms with Crippen LogP contribution in [0.25, 0.3) is 0 Å². The minimum absolute atomic E-state index is 0.178. The SMILES string of the molecule is CCCCCCCCCCCC(=O)OCC(CO)OC(=O)CN(C)C(=N)N. The van der Waals surface area contributed by atoms with E-state index in [1.165, 1.54) is 50.5 Å². The smallest absolute Gasteiger partial charge is 0.326 e. The third-order valence-electron chi connectivity index (χ3n) is 4.19. The van der Waals surface area contributed by atoms with E-state index < -0.39 is 18.7 Å². The summed E-state index contributed by atoms with van der Waals surface area (Å²) in [6.07, 6.45) is 9.95. The third kappa shape index (κ3) is 15.0. The lowest BCUT2D eigenvalue weighted by Gasteiger charge is -2.19. The molecule has 1 atom stereocenters. The van der Waals surface area contributed by atoms with Gasteiger partial charge in [-0.2, -0.15) is 0 Å². The number of rotatable bonds is 16. The summed E-state index contributed by atoms with van der Waals surface area (Å²) in [6.45, 7) is 1.38. The summed E-state index contributed by atoms with van der Waals surface area (Å²) in [4.78, 5) is 24.6. The number of nitrogens with two attached hydrogens (primary N) is 1. The molecule has 0 spiro atoms. The highest BCUT2D eigenvalue weighted by Crippen LogP contribution is 2.11. The standard InChI is InChI=1S/C19H37N3O5/c1-3-4-5-6-7-8-9-10-11-12-17(24)26-15-16(14-23)27-18(25)13-22(2)19(20)21/h16,23H,3-15H2,1-2H3,(H3,20,21). The fraction of sp³-hybridized carbons (Fsp3) is 0.842. The lowest BCUT2D eigenvalue weighted by atomic mass is 10.1. The van der Waals surface area contributed by atoms with Gasteiger partial charge in [0.1, 0.15) is 13.2 Å². The van der Waals surface area contributed by atoms with Crippen molar-refractivity contribution in [3.05, 3.63) is 0 Å². The molecular weight excluding hydrogens is 350 g/mol. The highest BCUT2D eigenvalue weighted by molar-refractivity contribution is 5.81. The largest absolute Gasteiger partial charge is 0.462 e. The molecule has 0 radical (unpaired) electrons. The topological polar surface area (TPSA) is 126 Å². The second kappa shape index (κ2) is 16.4. The van der Waals surface area contributed by atoms with Crippen molar-refractivity contribution in [2.45, 2.75) is 77.2 Å². The molecule has 0 aromatic heterocycles. The zero-order chi connectivity index (χ0) is 20.5. The number of unbranched alkanes of at least 4 members (excludes halogenated alkanes) is 8. The van der Waals surface area contributed by atoms with E-state index in [9.17, 15) is 14.7 Å². The summed E-state index contributed by atoms with van der Waals surface area (Å²) in [5.41, 5.74) is 5.23. The van der Waals surface area contributed by atoms with Crippen molar-refractivity contribution in [2.24, 2.45) is 5.73 Å². The summed E-state index contributed by atoms with van der Waals surface area (Å²) >= 11 is 0. The third-order valence-corrected chi connectivity index (χ3v) is 4.19. The van der Waals surface area contributed by atoms with E-state index in [1.807, 2.05) is 0 Å². The Hall–Kier alpha value is -1.83. The molecule has 0 saturated carbocycles. The highest BCUT2D eigenvalue weighted by atomic mass is 16.6. The van der Waals surface area contributed by atoms with E-state index >= 15 is 0 Å². The van der Waals surface area contributed by atoms with E-state index in [0.29, 0.717) is 6.42 Å². The fourth-order valence-corrected chi connectivity index (χ4v) is 2.46. The lowest BCUT2D eigenvalue weighted by Crippen LogP contribution is -2.39. The Balaban J connectivity index is 3.76. The van der Waals surface area contributed by atoms with Gasteiger partial charge in [0, 0.05) is 13.5 Å². The predicted octanol–water partition coefficient (Wildman–Crippen LogP) is 2.18. The molecule has 0 saturated heterocycles.